The lowest BCUT2D eigenvalue weighted by atomic mass is 9.80. The normalized spacial score (nSPS) is 18.5. The zero-order valence-corrected chi connectivity index (χ0v) is 25.0. The summed E-state index contributed by atoms with van der Waals surface area (Å²) < 4.78 is 0. The van der Waals surface area contributed by atoms with E-state index in [1.165, 1.54) is 6.08 Å². The fraction of sp³-hybridized carbons (Fsp3) is 0.312. The van der Waals surface area contributed by atoms with Crippen molar-refractivity contribution < 1.29 is 9.59 Å². The van der Waals surface area contributed by atoms with Gasteiger partial charge < -0.3 is 26.3 Å². The minimum atomic E-state index is -0.392. The smallest absolute Gasteiger partial charge is 0.251 e. The number of nitrogens with one attached hydrogen (secondary N) is 3. The van der Waals surface area contributed by atoms with Crippen molar-refractivity contribution in [3.05, 3.63) is 89.7 Å². The lowest BCUT2D eigenvalue weighted by molar-refractivity contribution is -0.113. The summed E-state index contributed by atoms with van der Waals surface area (Å²) >= 11 is 6.48. The Morgan fingerprint density at radius 1 is 1.17 bits per heavy atom. The first-order valence-electron chi connectivity index (χ1n) is 14.0. The molecule has 0 aliphatic heterocycles. The maximum atomic E-state index is 12.7. The van der Waals surface area contributed by atoms with E-state index in [1.807, 2.05) is 73.7 Å². The summed E-state index contributed by atoms with van der Waals surface area (Å²) in [7, 11) is 3.84. The van der Waals surface area contributed by atoms with Crippen LogP contribution in [0.1, 0.15) is 43.0 Å². The minimum absolute atomic E-state index is 0.0388. The lowest BCUT2D eigenvalue weighted by Crippen LogP contribution is -2.51. The van der Waals surface area contributed by atoms with Crippen molar-refractivity contribution in [3.63, 3.8) is 0 Å². The van der Waals surface area contributed by atoms with Crippen LogP contribution in [0, 0.1) is 0 Å². The number of carbonyl (C=O) groups is 2. The number of H-pyrrole nitrogens is 1. The molecular weight excluding hydrogens is 550 g/mol. The van der Waals surface area contributed by atoms with Crippen LogP contribution in [-0.4, -0.2) is 63.9 Å². The van der Waals surface area contributed by atoms with Gasteiger partial charge in [-0.2, -0.15) is 0 Å². The molecule has 4 aromatic rings. The molecule has 220 valence electrons. The van der Waals surface area contributed by atoms with Gasteiger partial charge in [-0.25, -0.2) is 9.97 Å². The number of para-hydroxylation sites is 1. The van der Waals surface area contributed by atoms with Gasteiger partial charge in [0.25, 0.3) is 5.91 Å². The van der Waals surface area contributed by atoms with Crippen LogP contribution in [0.5, 0.6) is 0 Å². The maximum Gasteiger partial charge on any atom is 0.251 e. The molecule has 0 saturated heterocycles. The summed E-state index contributed by atoms with van der Waals surface area (Å²) in [6.45, 7) is 2.87. The van der Waals surface area contributed by atoms with Crippen molar-refractivity contribution in [2.45, 2.75) is 44.2 Å². The van der Waals surface area contributed by atoms with Crippen molar-refractivity contribution in [3.8, 4) is 11.3 Å². The number of rotatable bonds is 8. The standard InChI is InChI=1S/C26H26ClN5O.C6H12N2O/c1-26(32-24(33)17-8-3-2-4-9-17)13-7-10-18(14-26)30-25-29-16-21(27)23(31-25)20-15-28-22-12-6-5-11-19(20)22;1-8(2)5-3-4-6(7)9/h2-6,8-9,11-12,15-16,18,28H,7,10,13-14H2,1H3,(H,32,33)(H,29,30,31);3-4H,5H2,1-2H3,(H2,7,9)/b;4-3+. The summed E-state index contributed by atoms with van der Waals surface area (Å²) in [5.74, 6) is 0.114. The first kappa shape index (κ1) is 30.7. The van der Waals surface area contributed by atoms with E-state index >= 15 is 0 Å². The van der Waals surface area contributed by atoms with Crippen LogP contribution >= 0.6 is 11.6 Å². The zero-order valence-electron chi connectivity index (χ0n) is 24.2. The maximum absolute atomic E-state index is 12.7. The van der Waals surface area contributed by atoms with E-state index in [-0.39, 0.29) is 17.5 Å². The number of likely N-dealkylation sites (N-methyl/N-ethyl adjacent to an activating group) is 1. The molecule has 2 unspecified atom stereocenters. The zero-order chi connectivity index (χ0) is 30.1. The van der Waals surface area contributed by atoms with Crippen LogP contribution in [0.4, 0.5) is 5.95 Å². The van der Waals surface area contributed by atoms with Crippen LogP contribution in [0.25, 0.3) is 22.2 Å². The second kappa shape index (κ2) is 14.1. The first-order valence-corrected chi connectivity index (χ1v) is 14.4. The molecule has 2 aromatic carbocycles. The van der Waals surface area contributed by atoms with Gasteiger partial charge in [-0.05, 0) is 71.0 Å². The molecule has 10 heteroatoms. The van der Waals surface area contributed by atoms with Crippen LogP contribution in [0.3, 0.4) is 0 Å². The molecule has 42 heavy (non-hydrogen) atoms. The SMILES string of the molecule is CC1(NC(=O)c2ccccc2)CCCC(Nc2ncc(Cl)c(-c3c[nH]c4ccccc34)n2)C1.CN(C)C/C=C/C(N)=O. The Bertz CT molecular complexity index is 1540. The average molecular weight is 588 g/mol. The van der Waals surface area contributed by atoms with Crippen LogP contribution in [0.2, 0.25) is 5.02 Å². The molecule has 2 aromatic heterocycles. The third-order valence-electron chi connectivity index (χ3n) is 7.10. The summed E-state index contributed by atoms with van der Waals surface area (Å²) in [4.78, 5) is 37.2. The van der Waals surface area contributed by atoms with Crippen molar-refractivity contribution in [2.75, 3.05) is 26.0 Å². The van der Waals surface area contributed by atoms with E-state index in [0.29, 0.717) is 22.2 Å². The van der Waals surface area contributed by atoms with Gasteiger partial charge >= 0.3 is 0 Å². The molecule has 1 fully saturated rings. The number of hydrogen-bond donors (Lipinski definition) is 4. The molecule has 2 atom stereocenters. The van der Waals surface area contributed by atoms with Gasteiger partial charge in [0.15, 0.2) is 0 Å². The summed E-state index contributed by atoms with van der Waals surface area (Å²) in [6.07, 6.45) is 10.4. The molecule has 2 amide bonds. The number of hydrogen-bond acceptors (Lipinski definition) is 6. The van der Waals surface area contributed by atoms with Gasteiger partial charge in [-0.1, -0.05) is 54.1 Å². The van der Waals surface area contributed by atoms with Crippen molar-refractivity contribution in [2.24, 2.45) is 5.73 Å². The predicted octanol–water partition coefficient (Wildman–Crippen LogP) is 5.41. The second-order valence-corrected chi connectivity index (χ2v) is 11.4. The van der Waals surface area contributed by atoms with Gasteiger partial charge in [0.2, 0.25) is 11.9 Å². The highest BCUT2D eigenvalue weighted by molar-refractivity contribution is 6.33. The number of halogens is 1. The number of anilines is 1. The third kappa shape index (κ3) is 8.41. The molecule has 5 rings (SSSR count). The third-order valence-corrected chi connectivity index (χ3v) is 7.38. The van der Waals surface area contributed by atoms with Gasteiger partial charge in [-0.15, -0.1) is 0 Å². The Kier molecular flexibility index (Phi) is 10.3. The topological polar surface area (TPSA) is 129 Å². The summed E-state index contributed by atoms with van der Waals surface area (Å²) in [6, 6.07) is 17.6. The quantitative estimate of drug-likeness (QED) is 0.204. The van der Waals surface area contributed by atoms with E-state index in [1.54, 1.807) is 12.3 Å². The highest BCUT2D eigenvalue weighted by atomic mass is 35.5. The van der Waals surface area contributed by atoms with E-state index in [2.05, 4.69) is 33.6 Å². The van der Waals surface area contributed by atoms with Crippen LogP contribution in [-0.2, 0) is 4.79 Å². The predicted molar refractivity (Wildman–Crippen MR) is 169 cm³/mol. The van der Waals surface area contributed by atoms with Crippen LogP contribution < -0.4 is 16.4 Å². The fourth-order valence-electron chi connectivity index (χ4n) is 5.11. The number of aromatic amines is 1. The molecule has 0 spiro atoms. The van der Waals surface area contributed by atoms with Gasteiger partial charge in [0.05, 0.1) is 16.9 Å². The van der Waals surface area contributed by atoms with Crippen LogP contribution in [0.15, 0.2) is 79.1 Å². The van der Waals surface area contributed by atoms with Gasteiger partial charge in [0.1, 0.15) is 0 Å². The molecule has 0 radical (unpaired) electrons. The Morgan fingerprint density at radius 3 is 2.64 bits per heavy atom. The summed E-state index contributed by atoms with van der Waals surface area (Å²) in [5.41, 5.74) is 7.90. The number of benzene rings is 2. The number of primary amides is 1. The first-order chi connectivity index (χ1) is 20.1. The fourth-order valence-corrected chi connectivity index (χ4v) is 5.31. The number of aromatic nitrogens is 3. The second-order valence-electron chi connectivity index (χ2n) is 11.0. The Balaban J connectivity index is 0.000000392. The number of carbonyl (C=O) groups excluding carboxylic acids is 2. The Hall–Kier alpha value is -4.21. The average Bonchev–Trinajstić information content (AvgIpc) is 3.38. The molecule has 0 bridgehead atoms. The highest BCUT2D eigenvalue weighted by Gasteiger charge is 2.34. The van der Waals surface area contributed by atoms with E-state index in [0.717, 1.165) is 48.7 Å². The molecule has 1 saturated carbocycles. The molecule has 5 N–H and O–H groups in total. The number of amides is 2. The molecule has 1 aliphatic rings. The molecule has 9 nitrogen and oxygen atoms in total. The number of nitrogens with zero attached hydrogens (tertiary/aromatic N) is 3. The highest BCUT2D eigenvalue weighted by Crippen LogP contribution is 2.34. The summed E-state index contributed by atoms with van der Waals surface area (Å²) in [5, 5.41) is 8.31. The number of fused-ring (bicyclic) bond motifs is 1. The van der Waals surface area contributed by atoms with Gasteiger partial charge in [0, 0.05) is 46.4 Å². The Morgan fingerprint density at radius 2 is 1.90 bits per heavy atom. The molecule has 2 heterocycles. The molecular formula is C32H38ClN7O2. The van der Waals surface area contributed by atoms with Crippen molar-refractivity contribution >= 4 is 40.3 Å². The van der Waals surface area contributed by atoms with Crippen molar-refractivity contribution in [1.29, 1.82) is 0 Å². The molecule has 1 aliphatic carbocycles. The van der Waals surface area contributed by atoms with Crippen molar-refractivity contribution in [1.82, 2.24) is 25.2 Å². The lowest BCUT2D eigenvalue weighted by Gasteiger charge is -2.39. The Labute approximate surface area is 251 Å². The monoisotopic (exact) mass is 587 g/mol. The number of nitrogens with two attached hydrogens (primary N) is 1. The van der Waals surface area contributed by atoms with Gasteiger partial charge in [-0.3, -0.25) is 9.59 Å². The van der Waals surface area contributed by atoms with E-state index < -0.39 is 5.91 Å². The largest absolute Gasteiger partial charge is 0.366 e. The minimum Gasteiger partial charge on any atom is -0.366 e. The van der Waals surface area contributed by atoms with E-state index in [9.17, 15) is 9.59 Å². The van der Waals surface area contributed by atoms with E-state index in [4.69, 9.17) is 22.3 Å².